The molecule has 0 aliphatic carbocycles. The van der Waals surface area contributed by atoms with Gasteiger partial charge in [0.1, 0.15) is 5.03 Å². The molecule has 2 nitrogen and oxygen atoms in total. The average molecular weight is 250 g/mol. The Morgan fingerprint density at radius 3 is 3.06 bits per heavy atom. The van der Waals surface area contributed by atoms with Crippen molar-refractivity contribution in [1.29, 1.82) is 0 Å². The third kappa shape index (κ3) is 2.83. The van der Waals surface area contributed by atoms with Crippen LogP contribution in [0.4, 0.5) is 0 Å². The maximum Gasteiger partial charge on any atom is 0.101 e. The van der Waals surface area contributed by atoms with E-state index in [-0.39, 0.29) is 0 Å². The molecular weight excluding hydrogens is 228 g/mol. The lowest BCUT2D eigenvalue weighted by Gasteiger charge is -2.29. The molecule has 3 heteroatoms. The zero-order chi connectivity index (χ0) is 12.3. The van der Waals surface area contributed by atoms with Gasteiger partial charge in [-0.25, -0.2) is 4.98 Å². The number of likely N-dealkylation sites (tertiary alicyclic amines) is 1. The van der Waals surface area contributed by atoms with E-state index >= 15 is 0 Å². The largest absolute Gasteiger partial charge is 0.294 e. The fraction of sp³-hybridized carbons (Fsp3) is 0.643. The summed E-state index contributed by atoms with van der Waals surface area (Å²) in [5.74, 6) is 1.10. The molecule has 0 N–H and O–H groups in total. The molecule has 1 aliphatic heterocycles. The molecule has 0 radical (unpaired) electrons. The summed E-state index contributed by atoms with van der Waals surface area (Å²) in [5.41, 5.74) is 1.44. The zero-order valence-electron chi connectivity index (χ0n) is 11.0. The Morgan fingerprint density at radius 2 is 2.35 bits per heavy atom. The summed E-state index contributed by atoms with van der Waals surface area (Å²) >= 11 is 1.86. The van der Waals surface area contributed by atoms with E-state index in [9.17, 15) is 0 Å². The van der Waals surface area contributed by atoms with Gasteiger partial charge in [-0.15, -0.1) is 11.8 Å². The van der Waals surface area contributed by atoms with Crippen LogP contribution in [0.5, 0.6) is 0 Å². The normalized spacial score (nSPS) is 21.3. The molecule has 0 aromatic carbocycles. The number of thioether (sulfide) groups is 1. The van der Waals surface area contributed by atoms with Gasteiger partial charge in [0.05, 0.1) is 0 Å². The van der Waals surface area contributed by atoms with E-state index in [0.717, 1.165) is 5.75 Å². The molecule has 0 unspecified atom stereocenters. The minimum atomic E-state index is 0.581. The highest BCUT2D eigenvalue weighted by atomic mass is 32.2. The third-order valence-corrected chi connectivity index (χ3v) is 4.30. The van der Waals surface area contributed by atoms with Crippen molar-refractivity contribution in [2.75, 3.05) is 12.3 Å². The molecule has 94 valence electrons. The molecule has 1 aromatic rings. The lowest BCUT2D eigenvalue weighted by molar-refractivity contribution is 0.203. The average Bonchev–Trinajstić information content (AvgIpc) is 2.79. The number of hydrogen-bond donors (Lipinski definition) is 0. The minimum absolute atomic E-state index is 0.581. The summed E-state index contributed by atoms with van der Waals surface area (Å²) in [6.45, 7) is 8.01. The van der Waals surface area contributed by atoms with E-state index in [2.05, 4.69) is 42.8 Å². The molecule has 1 saturated heterocycles. The van der Waals surface area contributed by atoms with Crippen LogP contribution in [-0.4, -0.2) is 28.2 Å². The van der Waals surface area contributed by atoms with Gasteiger partial charge in [0.25, 0.3) is 0 Å². The Bertz CT molecular complexity index is 365. The van der Waals surface area contributed by atoms with Gasteiger partial charge in [-0.05, 0) is 45.1 Å². The quantitative estimate of drug-likeness (QED) is 0.757. The first-order valence-electron chi connectivity index (χ1n) is 6.57. The van der Waals surface area contributed by atoms with Crippen molar-refractivity contribution in [2.45, 2.75) is 50.7 Å². The highest BCUT2D eigenvalue weighted by Crippen LogP contribution is 2.37. The van der Waals surface area contributed by atoms with Crippen LogP contribution in [0.2, 0.25) is 0 Å². The maximum atomic E-state index is 4.54. The lowest BCUT2D eigenvalue weighted by atomic mass is 10.1. The standard InChI is InChI=1S/C14H22N2S/c1-4-17-14-12(7-5-9-15-14)13-8-6-10-16(13)11(2)3/h5,7,9,11,13H,4,6,8,10H2,1-3H3/t13-/m1/s1. The van der Waals surface area contributed by atoms with Gasteiger partial charge in [-0.2, -0.15) is 0 Å². The molecule has 1 fully saturated rings. The second-order valence-electron chi connectivity index (χ2n) is 4.82. The van der Waals surface area contributed by atoms with Crippen molar-refractivity contribution in [3.05, 3.63) is 23.9 Å². The minimum Gasteiger partial charge on any atom is -0.294 e. The lowest BCUT2D eigenvalue weighted by Crippen LogP contribution is -2.30. The van der Waals surface area contributed by atoms with Crippen LogP contribution in [0.25, 0.3) is 0 Å². The molecule has 17 heavy (non-hydrogen) atoms. The molecule has 0 bridgehead atoms. The van der Waals surface area contributed by atoms with Crippen LogP contribution >= 0.6 is 11.8 Å². The Labute approximate surface area is 109 Å². The molecule has 0 amide bonds. The van der Waals surface area contributed by atoms with E-state index in [1.807, 2.05) is 18.0 Å². The highest BCUT2D eigenvalue weighted by Gasteiger charge is 2.29. The van der Waals surface area contributed by atoms with Gasteiger partial charge in [0, 0.05) is 23.8 Å². The van der Waals surface area contributed by atoms with Gasteiger partial charge >= 0.3 is 0 Å². The Kier molecular flexibility index (Phi) is 4.46. The summed E-state index contributed by atoms with van der Waals surface area (Å²) in [5, 5.41) is 1.23. The fourth-order valence-electron chi connectivity index (χ4n) is 2.66. The van der Waals surface area contributed by atoms with Crippen LogP contribution in [0.15, 0.2) is 23.4 Å². The SMILES string of the molecule is CCSc1ncccc1[C@H]1CCCN1C(C)C. The Hall–Kier alpha value is -0.540. The van der Waals surface area contributed by atoms with Gasteiger partial charge in [0.15, 0.2) is 0 Å². The van der Waals surface area contributed by atoms with E-state index in [1.165, 1.54) is 30.0 Å². The van der Waals surface area contributed by atoms with Gasteiger partial charge < -0.3 is 0 Å². The van der Waals surface area contributed by atoms with Gasteiger partial charge in [-0.3, -0.25) is 4.90 Å². The Morgan fingerprint density at radius 1 is 1.53 bits per heavy atom. The molecule has 0 saturated carbocycles. The number of pyridine rings is 1. The van der Waals surface area contributed by atoms with Crippen molar-refractivity contribution in [3.8, 4) is 0 Å². The van der Waals surface area contributed by atoms with E-state index in [1.54, 1.807) is 0 Å². The van der Waals surface area contributed by atoms with E-state index in [0.29, 0.717) is 12.1 Å². The second-order valence-corrected chi connectivity index (χ2v) is 6.07. The smallest absolute Gasteiger partial charge is 0.101 e. The van der Waals surface area contributed by atoms with Crippen molar-refractivity contribution in [2.24, 2.45) is 0 Å². The molecule has 2 rings (SSSR count). The molecule has 1 atom stereocenters. The van der Waals surface area contributed by atoms with Gasteiger partial charge in [0.2, 0.25) is 0 Å². The summed E-state index contributed by atoms with van der Waals surface area (Å²) in [6.07, 6.45) is 4.51. The van der Waals surface area contributed by atoms with Crippen molar-refractivity contribution < 1.29 is 0 Å². The second kappa shape index (κ2) is 5.87. The van der Waals surface area contributed by atoms with Crippen molar-refractivity contribution in [1.82, 2.24) is 9.88 Å². The van der Waals surface area contributed by atoms with Gasteiger partial charge in [-0.1, -0.05) is 13.0 Å². The fourth-order valence-corrected chi connectivity index (χ4v) is 3.43. The van der Waals surface area contributed by atoms with Crippen LogP contribution < -0.4 is 0 Å². The predicted molar refractivity (Wildman–Crippen MR) is 74.5 cm³/mol. The van der Waals surface area contributed by atoms with Crippen molar-refractivity contribution in [3.63, 3.8) is 0 Å². The number of aromatic nitrogens is 1. The summed E-state index contributed by atoms with van der Waals surface area (Å²) in [6, 6.07) is 5.54. The highest BCUT2D eigenvalue weighted by molar-refractivity contribution is 7.99. The molecule has 1 aliphatic rings. The van der Waals surface area contributed by atoms with E-state index in [4.69, 9.17) is 0 Å². The first kappa shape index (κ1) is 12.9. The molecular formula is C14H22N2S. The van der Waals surface area contributed by atoms with Crippen LogP contribution in [0.3, 0.4) is 0 Å². The van der Waals surface area contributed by atoms with E-state index < -0.39 is 0 Å². The topological polar surface area (TPSA) is 16.1 Å². The first-order chi connectivity index (χ1) is 8.24. The monoisotopic (exact) mass is 250 g/mol. The van der Waals surface area contributed by atoms with Crippen LogP contribution in [-0.2, 0) is 0 Å². The molecule has 2 heterocycles. The summed E-state index contributed by atoms with van der Waals surface area (Å²) in [7, 11) is 0. The molecule has 1 aromatic heterocycles. The number of nitrogens with zero attached hydrogens (tertiary/aromatic N) is 2. The Balaban J connectivity index is 2.26. The maximum absolute atomic E-state index is 4.54. The molecule has 0 spiro atoms. The predicted octanol–water partition coefficient (Wildman–Crippen LogP) is 3.74. The van der Waals surface area contributed by atoms with Crippen molar-refractivity contribution >= 4 is 11.8 Å². The first-order valence-corrected chi connectivity index (χ1v) is 7.56. The third-order valence-electron chi connectivity index (χ3n) is 3.40. The summed E-state index contributed by atoms with van der Waals surface area (Å²) < 4.78 is 0. The van der Waals surface area contributed by atoms with Crippen LogP contribution in [0.1, 0.15) is 45.2 Å². The number of rotatable bonds is 4. The zero-order valence-corrected chi connectivity index (χ0v) is 11.8. The van der Waals surface area contributed by atoms with Crippen LogP contribution in [0, 0.1) is 0 Å². The number of hydrogen-bond acceptors (Lipinski definition) is 3. The summed E-state index contributed by atoms with van der Waals surface area (Å²) in [4.78, 5) is 7.15.